The second-order valence-electron chi connectivity index (χ2n) is 6.75. The first kappa shape index (κ1) is 17.8. The van der Waals surface area contributed by atoms with Gasteiger partial charge in [0.15, 0.2) is 5.65 Å². The quantitative estimate of drug-likeness (QED) is 0.725. The Kier molecular flexibility index (Phi) is 5.02. The minimum absolute atomic E-state index is 0.0850. The Hall–Kier alpha value is -2.55. The lowest BCUT2D eigenvalue weighted by Crippen LogP contribution is -2.30. The van der Waals surface area contributed by atoms with Gasteiger partial charge >= 0.3 is 0 Å². The van der Waals surface area contributed by atoms with Crippen molar-refractivity contribution >= 4 is 34.1 Å². The molecule has 3 aromatic heterocycles. The van der Waals surface area contributed by atoms with Crippen LogP contribution in [0.2, 0.25) is 0 Å². The van der Waals surface area contributed by atoms with Crippen molar-refractivity contribution in [3.05, 3.63) is 28.1 Å². The fraction of sp³-hybridized carbons (Fsp3) is 0.500. The molecule has 1 aliphatic rings. The van der Waals surface area contributed by atoms with E-state index in [2.05, 4.69) is 30.3 Å². The fourth-order valence-electron chi connectivity index (χ4n) is 3.50. The molecule has 1 fully saturated rings. The van der Waals surface area contributed by atoms with Gasteiger partial charge in [0.25, 0.3) is 5.91 Å². The molecule has 9 heteroatoms. The van der Waals surface area contributed by atoms with Crippen LogP contribution in [0.3, 0.4) is 0 Å². The molecule has 4 rings (SSSR count). The van der Waals surface area contributed by atoms with Crippen LogP contribution in [-0.4, -0.2) is 50.3 Å². The van der Waals surface area contributed by atoms with Gasteiger partial charge in [-0.1, -0.05) is 0 Å². The lowest BCUT2D eigenvalue weighted by molar-refractivity contribution is 0.0955. The number of carbonyl (C=O) groups is 1. The molecular weight excluding hydrogens is 362 g/mol. The van der Waals surface area contributed by atoms with Crippen LogP contribution in [0.15, 0.2) is 12.5 Å². The average molecular weight is 385 g/mol. The summed E-state index contributed by atoms with van der Waals surface area (Å²) in [6, 6.07) is 0. The van der Waals surface area contributed by atoms with Crippen LogP contribution in [0.25, 0.3) is 11.0 Å². The van der Waals surface area contributed by atoms with Crippen molar-refractivity contribution in [3.63, 3.8) is 0 Å². The van der Waals surface area contributed by atoms with Gasteiger partial charge in [-0.3, -0.25) is 4.79 Å². The van der Waals surface area contributed by atoms with E-state index in [4.69, 9.17) is 0 Å². The van der Waals surface area contributed by atoms with Crippen molar-refractivity contribution in [1.82, 2.24) is 30.0 Å². The highest BCUT2D eigenvalue weighted by Gasteiger charge is 2.18. The van der Waals surface area contributed by atoms with Crippen LogP contribution in [0.4, 0.5) is 5.82 Å². The summed E-state index contributed by atoms with van der Waals surface area (Å²) in [5.74, 6) is 0.879. The lowest BCUT2D eigenvalue weighted by atomic mass is 10.1. The monoisotopic (exact) mass is 385 g/mol. The van der Waals surface area contributed by atoms with E-state index >= 15 is 0 Å². The number of rotatable bonds is 5. The third kappa shape index (κ3) is 3.64. The summed E-state index contributed by atoms with van der Waals surface area (Å²) in [7, 11) is 0. The van der Waals surface area contributed by atoms with Crippen LogP contribution >= 0.6 is 11.3 Å². The molecule has 4 heterocycles. The van der Waals surface area contributed by atoms with Crippen LogP contribution in [-0.2, 0) is 6.54 Å². The molecule has 0 radical (unpaired) electrons. The van der Waals surface area contributed by atoms with Crippen molar-refractivity contribution in [1.29, 1.82) is 0 Å². The predicted molar refractivity (Wildman–Crippen MR) is 105 cm³/mol. The molecule has 1 saturated heterocycles. The van der Waals surface area contributed by atoms with Gasteiger partial charge in [0.1, 0.15) is 17.0 Å². The summed E-state index contributed by atoms with van der Waals surface area (Å²) in [6.07, 6.45) is 7.11. The number of nitrogens with zero attached hydrogens (tertiary/aromatic N) is 6. The number of hydrogen-bond acceptors (Lipinski definition) is 7. The zero-order valence-corrected chi connectivity index (χ0v) is 16.4. The van der Waals surface area contributed by atoms with Gasteiger partial charge in [-0.25, -0.2) is 19.6 Å². The number of thiazole rings is 1. The Labute approximate surface area is 161 Å². The number of hydrogen-bond donors (Lipinski definition) is 1. The Bertz CT molecular complexity index is 958. The third-order valence-electron chi connectivity index (χ3n) is 4.79. The van der Waals surface area contributed by atoms with Crippen molar-refractivity contribution in [2.75, 3.05) is 24.5 Å². The number of nitrogens with one attached hydrogen (secondary N) is 1. The standard InChI is InChI=1S/C18H23N7OS/c1-12-15(27-13(2)23-12)18(26)19-6-9-25-17-14(10-22-25)16(20-11-21-17)24-7-4-3-5-8-24/h10-11H,3-9H2,1-2H3,(H,19,26). The average Bonchev–Trinajstić information content (AvgIpc) is 3.25. The topological polar surface area (TPSA) is 88.8 Å². The maximum atomic E-state index is 12.3. The maximum absolute atomic E-state index is 12.3. The van der Waals surface area contributed by atoms with E-state index in [0.717, 1.165) is 40.6 Å². The Morgan fingerprint density at radius 3 is 2.78 bits per heavy atom. The normalized spacial score (nSPS) is 14.7. The zero-order valence-electron chi connectivity index (χ0n) is 15.6. The molecule has 142 valence electrons. The molecule has 0 spiro atoms. The molecule has 0 bridgehead atoms. The molecule has 8 nitrogen and oxygen atoms in total. The van der Waals surface area contributed by atoms with E-state index in [0.29, 0.717) is 18.0 Å². The Morgan fingerprint density at radius 1 is 1.22 bits per heavy atom. The predicted octanol–water partition coefficient (Wildman–Crippen LogP) is 2.32. The number of aromatic nitrogens is 5. The molecule has 0 aliphatic carbocycles. The maximum Gasteiger partial charge on any atom is 0.263 e. The number of piperidine rings is 1. The largest absolute Gasteiger partial charge is 0.356 e. The van der Waals surface area contributed by atoms with Crippen LogP contribution in [0, 0.1) is 13.8 Å². The molecule has 1 aliphatic heterocycles. The number of fused-ring (bicyclic) bond motifs is 1. The summed E-state index contributed by atoms with van der Waals surface area (Å²) in [4.78, 5) is 28.5. The minimum atomic E-state index is -0.0850. The van der Waals surface area contributed by atoms with E-state index in [1.165, 1.54) is 30.6 Å². The van der Waals surface area contributed by atoms with Crippen molar-refractivity contribution in [2.45, 2.75) is 39.7 Å². The minimum Gasteiger partial charge on any atom is -0.356 e. The lowest BCUT2D eigenvalue weighted by Gasteiger charge is -2.27. The smallest absolute Gasteiger partial charge is 0.263 e. The number of amides is 1. The second kappa shape index (κ2) is 7.59. The number of aryl methyl sites for hydroxylation is 2. The van der Waals surface area contributed by atoms with Gasteiger partial charge in [0.2, 0.25) is 0 Å². The number of anilines is 1. The van der Waals surface area contributed by atoms with E-state index in [-0.39, 0.29) is 5.91 Å². The molecule has 3 aromatic rings. The molecular formula is C18H23N7OS. The van der Waals surface area contributed by atoms with Crippen molar-refractivity contribution in [3.8, 4) is 0 Å². The molecule has 0 unspecified atom stereocenters. The summed E-state index contributed by atoms with van der Waals surface area (Å²) >= 11 is 1.42. The molecule has 1 amide bonds. The van der Waals surface area contributed by atoms with Gasteiger partial charge in [0.05, 0.1) is 28.8 Å². The van der Waals surface area contributed by atoms with Gasteiger partial charge in [-0.05, 0) is 33.1 Å². The van der Waals surface area contributed by atoms with Crippen molar-refractivity contribution in [2.24, 2.45) is 0 Å². The Morgan fingerprint density at radius 2 is 2.04 bits per heavy atom. The van der Waals surface area contributed by atoms with Gasteiger partial charge in [0, 0.05) is 19.6 Å². The van der Waals surface area contributed by atoms with Gasteiger partial charge in [-0.2, -0.15) is 5.10 Å². The first-order valence-electron chi connectivity index (χ1n) is 9.27. The molecule has 0 aromatic carbocycles. The fourth-order valence-corrected chi connectivity index (χ4v) is 4.34. The van der Waals surface area contributed by atoms with Crippen LogP contribution in [0.5, 0.6) is 0 Å². The first-order chi connectivity index (χ1) is 13.1. The third-order valence-corrected chi connectivity index (χ3v) is 5.86. The van der Waals surface area contributed by atoms with E-state index in [1.807, 2.05) is 24.7 Å². The van der Waals surface area contributed by atoms with Crippen LogP contribution in [0.1, 0.15) is 39.6 Å². The molecule has 0 atom stereocenters. The molecule has 1 N–H and O–H groups in total. The van der Waals surface area contributed by atoms with Gasteiger partial charge < -0.3 is 10.2 Å². The highest BCUT2D eigenvalue weighted by Crippen LogP contribution is 2.25. The second-order valence-corrected chi connectivity index (χ2v) is 7.96. The van der Waals surface area contributed by atoms with Crippen LogP contribution < -0.4 is 10.2 Å². The van der Waals surface area contributed by atoms with E-state index in [9.17, 15) is 4.79 Å². The zero-order chi connectivity index (χ0) is 18.8. The van der Waals surface area contributed by atoms with Gasteiger partial charge in [-0.15, -0.1) is 11.3 Å². The van der Waals surface area contributed by atoms with Crippen molar-refractivity contribution < 1.29 is 4.79 Å². The summed E-state index contributed by atoms with van der Waals surface area (Å²) in [6.45, 7) is 6.86. The highest BCUT2D eigenvalue weighted by atomic mass is 32.1. The summed E-state index contributed by atoms with van der Waals surface area (Å²) in [5.41, 5.74) is 1.59. The molecule has 0 saturated carbocycles. The highest BCUT2D eigenvalue weighted by molar-refractivity contribution is 7.13. The van der Waals surface area contributed by atoms with E-state index < -0.39 is 0 Å². The SMILES string of the molecule is Cc1nc(C)c(C(=O)NCCn2ncc3c(N4CCCCC4)ncnc32)s1. The summed E-state index contributed by atoms with van der Waals surface area (Å²) in [5, 5.41) is 9.29. The summed E-state index contributed by atoms with van der Waals surface area (Å²) < 4.78 is 1.83. The first-order valence-corrected chi connectivity index (χ1v) is 10.1. The molecule has 27 heavy (non-hydrogen) atoms. The van der Waals surface area contributed by atoms with E-state index in [1.54, 1.807) is 6.33 Å². The Balaban J connectivity index is 1.45. The number of carbonyl (C=O) groups excluding carboxylic acids is 1.